The van der Waals surface area contributed by atoms with Gasteiger partial charge in [0, 0.05) is 15.4 Å². The van der Waals surface area contributed by atoms with Crippen molar-refractivity contribution < 1.29 is 4.74 Å². The number of nitriles is 1. The third kappa shape index (κ3) is 3.34. The van der Waals surface area contributed by atoms with E-state index in [0.717, 1.165) is 14.7 Å². The van der Waals surface area contributed by atoms with E-state index < -0.39 is 0 Å². The van der Waals surface area contributed by atoms with Gasteiger partial charge in [0.05, 0.1) is 5.57 Å². The molecule has 18 heavy (non-hydrogen) atoms. The number of rotatable bonds is 2. The molecule has 0 bridgehead atoms. The summed E-state index contributed by atoms with van der Waals surface area (Å²) >= 11 is 6.76. The van der Waals surface area contributed by atoms with Crippen LogP contribution in [0.2, 0.25) is 0 Å². The van der Waals surface area contributed by atoms with Gasteiger partial charge in [0.15, 0.2) is 0 Å². The van der Waals surface area contributed by atoms with E-state index in [1.807, 2.05) is 36.4 Å². The van der Waals surface area contributed by atoms with E-state index in [-0.39, 0.29) is 0 Å². The van der Waals surface area contributed by atoms with E-state index in [9.17, 15) is 0 Å². The van der Waals surface area contributed by atoms with Crippen LogP contribution in [0.15, 0.2) is 62.8 Å². The molecule has 0 aromatic heterocycles. The summed E-state index contributed by atoms with van der Waals surface area (Å²) < 4.78 is 7.70. The summed E-state index contributed by atoms with van der Waals surface area (Å²) in [6.45, 7) is 0. The van der Waals surface area contributed by atoms with Crippen LogP contribution in [0, 0.1) is 11.3 Å². The Bertz CT molecular complexity index is 577. The van der Waals surface area contributed by atoms with Gasteiger partial charge in [0.25, 0.3) is 0 Å². The Morgan fingerprint density at radius 3 is 2.50 bits per heavy atom. The zero-order chi connectivity index (χ0) is 13.0. The number of ether oxygens (including phenoxy) is 1. The van der Waals surface area contributed by atoms with Crippen LogP contribution in [0.25, 0.3) is 0 Å². The molecule has 0 atom stereocenters. The van der Waals surface area contributed by atoms with Crippen LogP contribution in [0.5, 0.6) is 5.75 Å². The highest BCUT2D eigenvalue weighted by Crippen LogP contribution is 2.25. The molecule has 0 amide bonds. The first-order valence-electron chi connectivity index (χ1n) is 5.29. The molecule has 0 radical (unpaired) electrons. The first-order valence-corrected chi connectivity index (χ1v) is 6.88. The lowest BCUT2D eigenvalue weighted by molar-refractivity contribution is 0.413. The molecular formula is C14H9Br2NO. The lowest BCUT2D eigenvalue weighted by Gasteiger charge is -2.09. The summed E-state index contributed by atoms with van der Waals surface area (Å²) in [7, 11) is 0. The summed E-state index contributed by atoms with van der Waals surface area (Å²) in [5.74, 6) is 1.38. The van der Waals surface area contributed by atoms with Gasteiger partial charge in [-0.05, 0) is 36.4 Å². The molecule has 0 N–H and O–H groups in total. The number of nitrogens with zero attached hydrogens (tertiary/aromatic N) is 1. The first-order chi connectivity index (χ1) is 8.69. The Labute approximate surface area is 123 Å². The molecule has 90 valence electrons. The highest BCUT2D eigenvalue weighted by atomic mass is 79.9. The van der Waals surface area contributed by atoms with E-state index in [0.29, 0.717) is 17.8 Å². The molecule has 1 aliphatic carbocycles. The van der Waals surface area contributed by atoms with Crippen molar-refractivity contribution in [3.05, 3.63) is 62.8 Å². The van der Waals surface area contributed by atoms with Gasteiger partial charge in [-0.1, -0.05) is 37.9 Å². The van der Waals surface area contributed by atoms with Gasteiger partial charge in [-0.2, -0.15) is 5.26 Å². The van der Waals surface area contributed by atoms with E-state index in [1.54, 1.807) is 6.08 Å². The van der Waals surface area contributed by atoms with E-state index in [4.69, 9.17) is 10.00 Å². The van der Waals surface area contributed by atoms with Crippen LogP contribution >= 0.6 is 31.9 Å². The summed E-state index contributed by atoms with van der Waals surface area (Å²) in [6, 6.07) is 9.68. The molecule has 4 heteroatoms. The summed E-state index contributed by atoms with van der Waals surface area (Å²) in [6.07, 6.45) is 6.15. The second-order valence-electron chi connectivity index (χ2n) is 3.63. The zero-order valence-electron chi connectivity index (χ0n) is 9.36. The molecule has 0 saturated heterocycles. The lowest BCUT2D eigenvalue weighted by atomic mass is 10.2. The molecule has 0 saturated carbocycles. The van der Waals surface area contributed by atoms with E-state index in [2.05, 4.69) is 37.9 Å². The number of allylic oxidation sites excluding steroid dienone is 5. The quantitative estimate of drug-likeness (QED) is 0.749. The third-order valence-electron chi connectivity index (χ3n) is 2.37. The number of hydrogen-bond acceptors (Lipinski definition) is 2. The summed E-state index contributed by atoms with van der Waals surface area (Å²) in [5.41, 5.74) is 0.545. The fraction of sp³-hybridized carbons (Fsp3) is 0.0714. The lowest BCUT2D eigenvalue weighted by Crippen LogP contribution is -1.97. The maximum Gasteiger partial charge on any atom is 0.127 e. The average Bonchev–Trinajstić information content (AvgIpc) is 2.55. The second kappa shape index (κ2) is 6.03. The van der Waals surface area contributed by atoms with Gasteiger partial charge in [-0.15, -0.1) is 0 Å². The molecule has 0 fully saturated rings. The van der Waals surface area contributed by atoms with Crippen LogP contribution in [-0.2, 0) is 0 Å². The van der Waals surface area contributed by atoms with Crippen molar-refractivity contribution in [2.45, 2.75) is 6.42 Å². The van der Waals surface area contributed by atoms with Gasteiger partial charge in [-0.25, -0.2) is 0 Å². The Morgan fingerprint density at radius 2 is 1.83 bits per heavy atom. The number of halogens is 2. The monoisotopic (exact) mass is 365 g/mol. The first kappa shape index (κ1) is 13.1. The van der Waals surface area contributed by atoms with Crippen molar-refractivity contribution in [1.82, 2.24) is 0 Å². The predicted molar refractivity (Wildman–Crippen MR) is 78.2 cm³/mol. The molecule has 0 spiro atoms. The molecule has 2 nitrogen and oxygen atoms in total. The maximum absolute atomic E-state index is 9.11. The van der Waals surface area contributed by atoms with Crippen LogP contribution in [0.3, 0.4) is 0 Å². The minimum absolute atomic E-state index is 0.545. The Kier molecular flexibility index (Phi) is 4.40. The van der Waals surface area contributed by atoms with Gasteiger partial charge in [-0.3, -0.25) is 0 Å². The Morgan fingerprint density at radius 1 is 1.11 bits per heavy atom. The SMILES string of the molecule is N#CC1=C(Oc2ccc(Br)cc2)CC=C(Br)C=C1. The molecule has 1 aromatic carbocycles. The molecule has 0 heterocycles. The van der Waals surface area contributed by atoms with Gasteiger partial charge >= 0.3 is 0 Å². The molecule has 1 aromatic rings. The predicted octanol–water partition coefficient (Wildman–Crippen LogP) is 4.84. The Hall–Kier alpha value is -1.31. The standard InChI is InChI=1S/C14H9Br2NO/c15-11-2-1-10(9-17)14(8-5-11)18-13-6-3-12(16)4-7-13/h1-7H,8H2. The normalized spacial score (nSPS) is 14.8. The highest BCUT2D eigenvalue weighted by molar-refractivity contribution is 9.12. The van der Waals surface area contributed by atoms with Crippen molar-refractivity contribution in [3.63, 3.8) is 0 Å². The van der Waals surface area contributed by atoms with Crippen molar-refractivity contribution in [2.24, 2.45) is 0 Å². The molecule has 1 aliphatic rings. The number of benzene rings is 1. The van der Waals surface area contributed by atoms with E-state index in [1.165, 1.54) is 0 Å². The second-order valence-corrected chi connectivity index (χ2v) is 5.46. The van der Waals surface area contributed by atoms with Crippen molar-refractivity contribution >= 4 is 31.9 Å². The fourth-order valence-corrected chi connectivity index (χ4v) is 2.02. The van der Waals surface area contributed by atoms with Gasteiger partial charge in [0.1, 0.15) is 17.6 Å². The number of hydrogen-bond donors (Lipinski definition) is 0. The largest absolute Gasteiger partial charge is 0.460 e. The molecule has 2 rings (SSSR count). The van der Waals surface area contributed by atoms with Crippen LogP contribution in [0.1, 0.15) is 6.42 Å². The molecule has 0 unspecified atom stereocenters. The van der Waals surface area contributed by atoms with Crippen LogP contribution in [0.4, 0.5) is 0 Å². The summed E-state index contributed by atoms with van der Waals surface area (Å²) in [5, 5.41) is 9.11. The van der Waals surface area contributed by atoms with Crippen LogP contribution in [-0.4, -0.2) is 0 Å². The maximum atomic E-state index is 9.11. The van der Waals surface area contributed by atoms with E-state index >= 15 is 0 Å². The van der Waals surface area contributed by atoms with Gasteiger partial charge < -0.3 is 4.74 Å². The third-order valence-corrected chi connectivity index (χ3v) is 3.48. The van der Waals surface area contributed by atoms with Crippen molar-refractivity contribution in [2.75, 3.05) is 0 Å². The average molecular weight is 367 g/mol. The molecule has 0 aliphatic heterocycles. The highest BCUT2D eigenvalue weighted by Gasteiger charge is 2.09. The smallest absolute Gasteiger partial charge is 0.127 e. The minimum Gasteiger partial charge on any atom is -0.460 e. The summed E-state index contributed by atoms with van der Waals surface area (Å²) in [4.78, 5) is 0. The van der Waals surface area contributed by atoms with Gasteiger partial charge in [0.2, 0.25) is 0 Å². The zero-order valence-corrected chi connectivity index (χ0v) is 12.5. The topological polar surface area (TPSA) is 33.0 Å². The Balaban J connectivity index is 2.26. The molecular weight excluding hydrogens is 358 g/mol. The minimum atomic E-state index is 0.545. The van der Waals surface area contributed by atoms with Crippen molar-refractivity contribution in [3.8, 4) is 11.8 Å². The van der Waals surface area contributed by atoms with Crippen molar-refractivity contribution in [1.29, 1.82) is 5.26 Å². The fourth-order valence-electron chi connectivity index (χ4n) is 1.47. The van der Waals surface area contributed by atoms with Crippen LogP contribution < -0.4 is 4.74 Å².